The number of anilines is 1. The summed E-state index contributed by atoms with van der Waals surface area (Å²) in [5.41, 5.74) is 1.57. The summed E-state index contributed by atoms with van der Waals surface area (Å²) in [7, 11) is -4.21. The van der Waals surface area contributed by atoms with Crippen LogP contribution >= 0.6 is 0 Å². The van der Waals surface area contributed by atoms with Gasteiger partial charge in [0.25, 0.3) is 10.0 Å². The quantitative estimate of drug-likeness (QED) is 0.437. The zero-order valence-electron chi connectivity index (χ0n) is 16.3. The van der Waals surface area contributed by atoms with Crippen molar-refractivity contribution in [1.29, 1.82) is 0 Å². The molecule has 4 rings (SSSR count). The van der Waals surface area contributed by atoms with Crippen molar-refractivity contribution in [2.45, 2.75) is 23.8 Å². The van der Waals surface area contributed by atoms with Crippen molar-refractivity contribution in [3.63, 3.8) is 0 Å². The fraction of sp³-hybridized carbons (Fsp3) is 0.125. The van der Waals surface area contributed by atoms with Gasteiger partial charge < -0.3 is 0 Å². The molecule has 0 radical (unpaired) electrons. The van der Waals surface area contributed by atoms with Crippen molar-refractivity contribution in [1.82, 2.24) is 0 Å². The molecule has 0 saturated carbocycles. The molecule has 0 unspecified atom stereocenters. The number of benzene rings is 3. The zero-order valence-corrected chi connectivity index (χ0v) is 17.1. The molecule has 1 aliphatic rings. The lowest BCUT2D eigenvalue weighted by atomic mass is 9.90. The predicted octanol–water partition coefficient (Wildman–Crippen LogP) is 4.86. The minimum atomic E-state index is -4.21. The van der Waals surface area contributed by atoms with Gasteiger partial charge in [-0.05, 0) is 30.7 Å². The highest BCUT2D eigenvalue weighted by molar-refractivity contribution is 7.93. The van der Waals surface area contributed by atoms with Crippen LogP contribution in [0.25, 0.3) is 0 Å². The summed E-state index contributed by atoms with van der Waals surface area (Å²) in [6, 6.07) is 17.9. The number of aryl methyl sites for hydroxylation is 1. The smallest absolute Gasteiger partial charge is 0.265 e. The first kappa shape index (κ1) is 20.0. The maximum atomic E-state index is 14.9. The summed E-state index contributed by atoms with van der Waals surface area (Å²) in [4.78, 5) is 13.5. The molecule has 4 nitrogen and oxygen atoms in total. The predicted molar refractivity (Wildman–Crippen MR) is 115 cm³/mol. The van der Waals surface area contributed by atoms with Crippen molar-refractivity contribution in [2.75, 3.05) is 4.31 Å². The largest absolute Gasteiger partial charge is 0.292 e. The van der Waals surface area contributed by atoms with Gasteiger partial charge in [0.05, 0.1) is 10.6 Å². The Labute approximate surface area is 175 Å². The lowest BCUT2D eigenvalue weighted by Crippen LogP contribution is -2.44. The molecular formula is C24H20FNO3S. The minimum Gasteiger partial charge on any atom is -0.292 e. The molecule has 30 heavy (non-hydrogen) atoms. The van der Waals surface area contributed by atoms with E-state index in [9.17, 15) is 17.6 Å². The molecule has 1 heterocycles. The van der Waals surface area contributed by atoms with Crippen LogP contribution in [-0.4, -0.2) is 20.2 Å². The Balaban J connectivity index is 1.95. The van der Waals surface area contributed by atoms with Crippen LogP contribution in [0.3, 0.4) is 0 Å². The molecule has 6 heteroatoms. The fourth-order valence-corrected chi connectivity index (χ4v) is 5.55. The number of para-hydroxylation sites is 1. The highest BCUT2D eigenvalue weighted by Gasteiger charge is 2.48. The van der Waals surface area contributed by atoms with Crippen LogP contribution in [-0.2, 0) is 10.0 Å². The van der Waals surface area contributed by atoms with Gasteiger partial charge in [0.2, 0.25) is 0 Å². The average molecular weight is 421 g/mol. The number of halogens is 1. The van der Waals surface area contributed by atoms with Crippen LogP contribution in [0, 0.1) is 12.7 Å². The molecule has 3 aromatic rings. The highest BCUT2D eigenvalue weighted by Crippen LogP contribution is 2.47. The standard InChI is InChI=1S/C24H20FNO3S/c1-3-19-20-10-7-11-21(25)22(20)26(23(19)24(27)17-8-5-4-6-9-17)30(28,29)18-14-12-16(2)13-15-18/h3-15,19,23H,1H2,2H3/t19-,23-/m1/s1. The maximum Gasteiger partial charge on any atom is 0.265 e. The summed E-state index contributed by atoms with van der Waals surface area (Å²) in [6.07, 6.45) is 1.51. The number of nitrogens with zero attached hydrogens (tertiary/aromatic N) is 1. The first-order chi connectivity index (χ1) is 14.4. The lowest BCUT2D eigenvalue weighted by Gasteiger charge is -2.28. The van der Waals surface area contributed by atoms with Gasteiger partial charge >= 0.3 is 0 Å². The number of ketones is 1. The lowest BCUT2D eigenvalue weighted by molar-refractivity contribution is 0.0960. The van der Waals surface area contributed by atoms with Crippen LogP contribution < -0.4 is 4.31 Å². The Kier molecular flexibility index (Phi) is 5.03. The van der Waals surface area contributed by atoms with Crippen LogP contribution in [0.4, 0.5) is 10.1 Å². The molecule has 0 bridgehead atoms. The summed E-state index contributed by atoms with van der Waals surface area (Å²) < 4.78 is 43.2. The summed E-state index contributed by atoms with van der Waals surface area (Å²) >= 11 is 0. The monoisotopic (exact) mass is 421 g/mol. The zero-order chi connectivity index (χ0) is 21.5. The van der Waals surface area contributed by atoms with E-state index in [-0.39, 0.29) is 10.6 Å². The van der Waals surface area contributed by atoms with Crippen molar-refractivity contribution in [3.05, 3.63) is 108 Å². The van der Waals surface area contributed by atoms with Gasteiger partial charge in [-0.2, -0.15) is 0 Å². The number of hydrogen-bond donors (Lipinski definition) is 0. The minimum absolute atomic E-state index is 0.00197. The van der Waals surface area contributed by atoms with E-state index in [0.717, 1.165) is 9.87 Å². The number of sulfonamides is 1. The van der Waals surface area contributed by atoms with Crippen LogP contribution in [0.1, 0.15) is 27.4 Å². The maximum absolute atomic E-state index is 14.9. The van der Waals surface area contributed by atoms with E-state index in [1.807, 2.05) is 6.92 Å². The Morgan fingerprint density at radius 3 is 2.30 bits per heavy atom. The van der Waals surface area contributed by atoms with Gasteiger partial charge in [0, 0.05) is 11.5 Å². The number of fused-ring (bicyclic) bond motifs is 1. The molecule has 0 aromatic heterocycles. The van der Waals surface area contributed by atoms with Gasteiger partial charge in [-0.15, -0.1) is 6.58 Å². The molecule has 152 valence electrons. The number of carbonyl (C=O) groups is 1. The van der Waals surface area contributed by atoms with Crippen LogP contribution in [0.2, 0.25) is 0 Å². The third-order valence-electron chi connectivity index (χ3n) is 5.35. The fourth-order valence-electron chi connectivity index (χ4n) is 3.88. The average Bonchev–Trinajstić information content (AvgIpc) is 3.10. The normalized spacial score (nSPS) is 18.1. The summed E-state index contributed by atoms with van der Waals surface area (Å²) in [5.74, 6) is -1.78. The third kappa shape index (κ3) is 3.13. The SMILES string of the molecule is C=C[C@@H]1c2cccc(F)c2N(S(=O)(=O)c2ccc(C)cc2)[C@H]1C(=O)c1ccccc1. The van der Waals surface area contributed by atoms with E-state index in [4.69, 9.17) is 0 Å². The van der Waals surface area contributed by atoms with Gasteiger partial charge in [0.1, 0.15) is 11.9 Å². The van der Waals surface area contributed by atoms with E-state index in [1.165, 1.54) is 30.3 Å². The second-order valence-corrected chi connectivity index (χ2v) is 9.04. The van der Waals surface area contributed by atoms with Crippen LogP contribution in [0.5, 0.6) is 0 Å². The Morgan fingerprint density at radius 2 is 1.67 bits per heavy atom. The molecule has 0 amide bonds. The molecule has 0 N–H and O–H groups in total. The van der Waals surface area contributed by atoms with Crippen molar-refractivity contribution < 1.29 is 17.6 Å². The first-order valence-electron chi connectivity index (χ1n) is 9.47. The van der Waals surface area contributed by atoms with E-state index in [1.54, 1.807) is 48.5 Å². The second kappa shape index (κ2) is 7.54. The number of rotatable bonds is 5. The van der Waals surface area contributed by atoms with Crippen molar-refractivity contribution >= 4 is 21.5 Å². The Morgan fingerprint density at radius 1 is 1.00 bits per heavy atom. The molecule has 0 fully saturated rings. The van der Waals surface area contributed by atoms with E-state index >= 15 is 0 Å². The van der Waals surface area contributed by atoms with Gasteiger partial charge in [-0.3, -0.25) is 9.10 Å². The van der Waals surface area contributed by atoms with Crippen molar-refractivity contribution in [3.8, 4) is 0 Å². The highest BCUT2D eigenvalue weighted by atomic mass is 32.2. The molecule has 0 aliphatic carbocycles. The number of carbonyl (C=O) groups excluding carboxylic acids is 1. The molecular weight excluding hydrogens is 401 g/mol. The topological polar surface area (TPSA) is 54.5 Å². The summed E-state index contributed by atoms with van der Waals surface area (Å²) in [5, 5.41) is 0. The molecule has 2 atom stereocenters. The number of hydrogen-bond acceptors (Lipinski definition) is 3. The van der Waals surface area contributed by atoms with Gasteiger partial charge in [-0.25, -0.2) is 12.8 Å². The first-order valence-corrected chi connectivity index (χ1v) is 10.9. The Bertz CT molecular complexity index is 1220. The third-order valence-corrected chi connectivity index (χ3v) is 7.14. The van der Waals surface area contributed by atoms with E-state index in [2.05, 4.69) is 6.58 Å². The van der Waals surface area contributed by atoms with E-state index in [0.29, 0.717) is 11.1 Å². The molecule has 0 saturated heterocycles. The molecule has 0 spiro atoms. The van der Waals surface area contributed by atoms with Gasteiger partial charge in [-0.1, -0.05) is 66.2 Å². The van der Waals surface area contributed by atoms with Crippen molar-refractivity contribution in [2.24, 2.45) is 0 Å². The number of Topliss-reactive ketones (excluding diaryl/α,β-unsaturated/α-hetero) is 1. The second-order valence-electron chi connectivity index (χ2n) is 7.23. The Hall–Kier alpha value is -3.25. The molecule has 3 aromatic carbocycles. The van der Waals surface area contributed by atoms with Crippen LogP contribution in [0.15, 0.2) is 90.3 Å². The van der Waals surface area contributed by atoms with Gasteiger partial charge in [0.15, 0.2) is 5.78 Å². The van der Waals surface area contributed by atoms with E-state index < -0.39 is 33.6 Å². The molecule has 1 aliphatic heterocycles. The summed E-state index contributed by atoms with van der Waals surface area (Å²) in [6.45, 7) is 5.65.